The van der Waals surface area contributed by atoms with E-state index in [2.05, 4.69) is 4.74 Å². The zero-order chi connectivity index (χ0) is 8.85. The predicted molar refractivity (Wildman–Crippen MR) is 39.0 cm³/mol. The molecule has 0 saturated carbocycles. The van der Waals surface area contributed by atoms with Gasteiger partial charge in [-0.05, 0) is 13.8 Å². The molecule has 64 valence electrons. The largest absolute Gasteiger partial charge is 0.449 e. The zero-order valence-electron chi connectivity index (χ0n) is 6.66. The number of primary amides is 1. The Morgan fingerprint density at radius 2 is 2.00 bits per heavy atom. The number of carbonyl (C=O) groups excluding carboxylic acids is 2. The van der Waals surface area contributed by atoms with Gasteiger partial charge in [0.15, 0.2) is 0 Å². The average Bonchev–Trinajstić information content (AvgIpc) is 1.88. The first kappa shape index (κ1) is 9.74. The molecule has 0 atom stereocenters. The van der Waals surface area contributed by atoms with Crippen LogP contribution < -0.4 is 5.73 Å². The Bertz CT molecular complexity index is 158. The quantitative estimate of drug-likeness (QED) is 0.640. The number of nitrogens with two attached hydrogens (primary N) is 1. The molecule has 0 aliphatic heterocycles. The summed E-state index contributed by atoms with van der Waals surface area (Å²) in [5.41, 5.74) is 4.86. The highest BCUT2D eigenvalue weighted by Crippen LogP contribution is 1.92. The molecular formula is C6H12N2O3. The number of hydrogen-bond acceptors (Lipinski definition) is 3. The number of imide groups is 1. The minimum atomic E-state index is -0.786. The van der Waals surface area contributed by atoms with Crippen LogP contribution in [-0.2, 0) is 4.74 Å². The maximum absolute atomic E-state index is 10.8. The maximum atomic E-state index is 10.8. The lowest BCUT2D eigenvalue weighted by atomic mass is 10.6. The standard InChI is InChI=1S/C6H12N2O3/c1-3-8(5(7)9)6(10)11-4-2/h3-4H2,1-2H3,(H2,7,9). The first-order valence-electron chi connectivity index (χ1n) is 3.37. The molecule has 0 heterocycles. The topological polar surface area (TPSA) is 72.6 Å². The van der Waals surface area contributed by atoms with Gasteiger partial charge in [-0.2, -0.15) is 0 Å². The molecule has 0 aromatic heterocycles. The molecule has 0 unspecified atom stereocenters. The normalized spacial score (nSPS) is 8.91. The fraction of sp³-hybridized carbons (Fsp3) is 0.667. The molecule has 3 amide bonds. The number of amides is 3. The van der Waals surface area contributed by atoms with E-state index >= 15 is 0 Å². The fourth-order valence-corrected chi connectivity index (χ4v) is 0.576. The Kier molecular flexibility index (Phi) is 4.02. The minimum absolute atomic E-state index is 0.230. The number of urea groups is 1. The van der Waals surface area contributed by atoms with Gasteiger partial charge in [0.2, 0.25) is 0 Å². The summed E-state index contributed by atoms with van der Waals surface area (Å²) in [5, 5.41) is 0. The summed E-state index contributed by atoms with van der Waals surface area (Å²) in [6.45, 7) is 3.77. The van der Waals surface area contributed by atoms with Gasteiger partial charge in [0.1, 0.15) is 0 Å². The Morgan fingerprint density at radius 3 is 2.27 bits per heavy atom. The highest BCUT2D eigenvalue weighted by Gasteiger charge is 2.16. The molecule has 0 aliphatic carbocycles. The fourth-order valence-electron chi connectivity index (χ4n) is 0.576. The monoisotopic (exact) mass is 160 g/mol. The van der Waals surface area contributed by atoms with Crippen molar-refractivity contribution in [2.24, 2.45) is 5.73 Å². The van der Waals surface area contributed by atoms with Crippen LogP contribution >= 0.6 is 0 Å². The zero-order valence-corrected chi connectivity index (χ0v) is 6.66. The molecule has 0 bridgehead atoms. The van der Waals surface area contributed by atoms with Gasteiger partial charge in [-0.3, -0.25) is 0 Å². The van der Waals surface area contributed by atoms with Crippen LogP contribution in [0.25, 0.3) is 0 Å². The molecule has 2 N–H and O–H groups in total. The van der Waals surface area contributed by atoms with Crippen LogP contribution in [0, 0.1) is 0 Å². The third-order valence-electron chi connectivity index (χ3n) is 1.07. The minimum Gasteiger partial charge on any atom is -0.449 e. The highest BCUT2D eigenvalue weighted by molar-refractivity contribution is 5.89. The van der Waals surface area contributed by atoms with Crippen LogP contribution in [0.5, 0.6) is 0 Å². The summed E-state index contributed by atoms with van der Waals surface area (Å²) in [5.74, 6) is 0. The van der Waals surface area contributed by atoms with E-state index in [1.807, 2.05) is 0 Å². The second kappa shape index (κ2) is 4.54. The summed E-state index contributed by atoms with van der Waals surface area (Å²) in [6.07, 6.45) is -0.692. The Labute approximate surface area is 65.1 Å². The maximum Gasteiger partial charge on any atom is 0.417 e. The summed E-state index contributed by atoms with van der Waals surface area (Å²) in [6, 6.07) is -0.786. The van der Waals surface area contributed by atoms with Gasteiger partial charge < -0.3 is 10.5 Å². The summed E-state index contributed by atoms with van der Waals surface area (Å²) < 4.78 is 4.54. The average molecular weight is 160 g/mol. The number of nitrogens with zero attached hydrogens (tertiary/aromatic N) is 1. The lowest BCUT2D eigenvalue weighted by molar-refractivity contribution is 0.118. The van der Waals surface area contributed by atoms with Crippen molar-refractivity contribution in [1.82, 2.24) is 4.90 Å². The van der Waals surface area contributed by atoms with Gasteiger partial charge in [-0.1, -0.05) is 0 Å². The second-order valence-corrected chi connectivity index (χ2v) is 1.78. The Morgan fingerprint density at radius 1 is 1.45 bits per heavy atom. The molecule has 11 heavy (non-hydrogen) atoms. The summed E-state index contributed by atoms with van der Waals surface area (Å²) in [7, 11) is 0. The molecule has 0 aliphatic rings. The smallest absolute Gasteiger partial charge is 0.417 e. The van der Waals surface area contributed by atoms with Crippen LogP contribution in [0.2, 0.25) is 0 Å². The van der Waals surface area contributed by atoms with Crippen LogP contribution in [0.15, 0.2) is 0 Å². The van der Waals surface area contributed by atoms with Gasteiger partial charge in [0, 0.05) is 6.54 Å². The number of carbonyl (C=O) groups is 2. The van der Waals surface area contributed by atoms with E-state index < -0.39 is 12.1 Å². The molecule has 0 aromatic rings. The molecular weight excluding hydrogens is 148 g/mol. The van der Waals surface area contributed by atoms with Crippen molar-refractivity contribution in [2.45, 2.75) is 13.8 Å². The van der Waals surface area contributed by atoms with Crippen molar-refractivity contribution < 1.29 is 14.3 Å². The third kappa shape index (κ3) is 2.88. The van der Waals surface area contributed by atoms with Crippen LogP contribution in [0.4, 0.5) is 9.59 Å². The van der Waals surface area contributed by atoms with Gasteiger partial charge in [0.25, 0.3) is 0 Å². The second-order valence-electron chi connectivity index (χ2n) is 1.78. The molecule has 5 nitrogen and oxygen atoms in total. The van der Waals surface area contributed by atoms with Crippen molar-refractivity contribution in [1.29, 1.82) is 0 Å². The first-order chi connectivity index (χ1) is 5.13. The van der Waals surface area contributed by atoms with E-state index in [0.717, 1.165) is 4.90 Å². The highest BCUT2D eigenvalue weighted by atomic mass is 16.6. The van der Waals surface area contributed by atoms with Gasteiger partial charge >= 0.3 is 12.1 Å². The lowest BCUT2D eigenvalue weighted by Gasteiger charge is -2.14. The molecule has 0 rings (SSSR count). The van der Waals surface area contributed by atoms with E-state index in [4.69, 9.17) is 5.73 Å². The summed E-state index contributed by atoms with van der Waals surface area (Å²) >= 11 is 0. The van der Waals surface area contributed by atoms with Gasteiger partial charge in [-0.15, -0.1) is 0 Å². The number of hydrogen-bond donors (Lipinski definition) is 1. The van der Waals surface area contributed by atoms with Crippen LogP contribution in [0.1, 0.15) is 13.8 Å². The number of ether oxygens (including phenoxy) is 1. The van der Waals surface area contributed by atoms with E-state index in [9.17, 15) is 9.59 Å². The first-order valence-corrected chi connectivity index (χ1v) is 3.37. The van der Waals surface area contributed by atoms with Crippen molar-refractivity contribution in [3.8, 4) is 0 Å². The van der Waals surface area contributed by atoms with E-state index in [1.165, 1.54) is 0 Å². The number of rotatable bonds is 2. The van der Waals surface area contributed by atoms with Crippen molar-refractivity contribution >= 4 is 12.1 Å². The molecule has 0 radical (unpaired) electrons. The SMILES string of the molecule is CCOC(=O)N(CC)C(N)=O. The molecule has 0 fully saturated rings. The van der Waals surface area contributed by atoms with E-state index in [-0.39, 0.29) is 13.2 Å². The van der Waals surface area contributed by atoms with Crippen molar-refractivity contribution in [3.05, 3.63) is 0 Å². The Balaban J connectivity index is 4.03. The van der Waals surface area contributed by atoms with Crippen molar-refractivity contribution in [3.63, 3.8) is 0 Å². The van der Waals surface area contributed by atoms with Gasteiger partial charge in [-0.25, -0.2) is 14.5 Å². The predicted octanol–water partition coefficient (Wildman–Crippen LogP) is 0.544. The molecule has 0 saturated heterocycles. The third-order valence-corrected chi connectivity index (χ3v) is 1.07. The van der Waals surface area contributed by atoms with Crippen molar-refractivity contribution in [2.75, 3.05) is 13.2 Å². The molecule has 0 spiro atoms. The van der Waals surface area contributed by atoms with E-state index in [1.54, 1.807) is 13.8 Å². The summed E-state index contributed by atoms with van der Waals surface area (Å²) in [4.78, 5) is 22.1. The Hall–Kier alpha value is -1.26. The van der Waals surface area contributed by atoms with Gasteiger partial charge in [0.05, 0.1) is 6.61 Å². The lowest BCUT2D eigenvalue weighted by Crippen LogP contribution is -2.40. The molecule has 5 heteroatoms. The molecule has 0 aromatic carbocycles. The van der Waals surface area contributed by atoms with E-state index in [0.29, 0.717) is 0 Å². The van der Waals surface area contributed by atoms with Crippen LogP contribution in [0.3, 0.4) is 0 Å². The van der Waals surface area contributed by atoms with Crippen LogP contribution in [-0.4, -0.2) is 30.2 Å².